The first-order valence-electron chi connectivity index (χ1n) is 11.1. The van der Waals surface area contributed by atoms with Crippen LogP contribution in [-0.4, -0.2) is 41.7 Å². The third kappa shape index (κ3) is 3.50. The minimum Gasteiger partial charge on any atom is -0.493 e. The Hall–Kier alpha value is -2.37. The molecule has 5 nitrogen and oxygen atoms in total. The van der Waals surface area contributed by atoms with Crippen LogP contribution in [0.5, 0.6) is 5.75 Å². The standard InChI is InChI=1S/C25H30N2O3/c28-17-20-8-5-12-27(20)16-19-7-2-1-6-18(19)15-26-24(29)22-14-25(22)11-13-30-23-10-4-3-9-21(23)25/h1-4,6-7,9-10,20,22,28H,5,8,11-17H2,(H,26,29)/t20?,22-,25-/m0/s1. The SMILES string of the molecule is O=C(NCc1ccccc1CN1CCCC1CO)[C@@H]1C[C@]12CCOc1ccccc12. The lowest BCUT2D eigenvalue weighted by Gasteiger charge is -2.26. The number of para-hydroxylation sites is 1. The molecule has 1 spiro atoms. The summed E-state index contributed by atoms with van der Waals surface area (Å²) in [5.74, 6) is 1.12. The van der Waals surface area contributed by atoms with Crippen LogP contribution in [-0.2, 0) is 23.3 Å². The topological polar surface area (TPSA) is 61.8 Å². The second-order valence-corrected chi connectivity index (χ2v) is 8.94. The molecule has 3 aliphatic rings. The number of likely N-dealkylation sites (tertiary alicyclic amines) is 1. The zero-order valence-corrected chi connectivity index (χ0v) is 17.3. The van der Waals surface area contributed by atoms with Crippen molar-refractivity contribution in [1.82, 2.24) is 10.2 Å². The minimum absolute atomic E-state index is 0.0343. The third-order valence-corrected chi connectivity index (χ3v) is 7.28. The van der Waals surface area contributed by atoms with E-state index in [1.54, 1.807) is 0 Å². The number of fused-ring (bicyclic) bond motifs is 2. The van der Waals surface area contributed by atoms with Crippen LogP contribution in [0.1, 0.15) is 42.4 Å². The van der Waals surface area contributed by atoms with Gasteiger partial charge in [0.25, 0.3) is 0 Å². The molecule has 0 bridgehead atoms. The van der Waals surface area contributed by atoms with E-state index < -0.39 is 0 Å². The van der Waals surface area contributed by atoms with Gasteiger partial charge in [0.1, 0.15) is 5.75 Å². The first-order chi connectivity index (χ1) is 14.7. The van der Waals surface area contributed by atoms with Gasteiger partial charge >= 0.3 is 0 Å². The van der Waals surface area contributed by atoms with Gasteiger partial charge in [-0.2, -0.15) is 0 Å². The average Bonchev–Trinajstić information content (AvgIpc) is 3.31. The Labute approximate surface area is 178 Å². The van der Waals surface area contributed by atoms with Gasteiger partial charge < -0.3 is 15.2 Å². The van der Waals surface area contributed by atoms with Gasteiger partial charge in [-0.1, -0.05) is 42.5 Å². The number of ether oxygens (including phenoxy) is 1. The second-order valence-electron chi connectivity index (χ2n) is 8.94. The van der Waals surface area contributed by atoms with Gasteiger partial charge in [-0.3, -0.25) is 9.69 Å². The monoisotopic (exact) mass is 406 g/mol. The molecule has 1 aliphatic carbocycles. The number of rotatable bonds is 6. The van der Waals surface area contributed by atoms with Crippen molar-refractivity contribution in [3.05, 3.63) is 65.2 Å². The van der Waals surface area contributed by atoms with E-state index in [1.165, 1.54) is 11.1 Å². The van der Waals surface area contributed by atoms with Gasteiger partial charge in [0.05, 0.1) is 13.2 Å². The van der Waals surface area contributed by atoms with Gasteiger partial charge in [-0.25, -0.2) is 0 Å². The number of carbonyl (C=O) groups is 1. The maximum Gasteiger partial charge on any atom is 0.224 e. The van der Waals surface area contributed by atoms with Crippen LogP contribution < -0.4 is 10.1 Å². The Balaban J connectivity index is 1.24. The normalized spacial score (nSPS) is 27.5. The molecule has 0 aromatic heterocycles. The Morgan fingerprint density at radius 1 is 1.17 bits per heavy atom. The van der Waals surface area contributed by atoms with Crippen LogP contribution in [0.3, 0.4) is 0 Å². The van der Waals surface area contributed by atoms with E-state index in [0.717, 1.165) is 50.1 Å². The Morgan fingerprint density at radius 3 is 2.83 bits per heavy atom. The average molecular weight is 407 g/mol. The number of hydrogen-bond acceptors (Lipinski definition) is 4. The van der Waals surface area contributed by atoms with Crippen LogP contribution in [0.2, 0.25) is 0 Å². The number of aliphatic hydroxyl groups is 1. The summed E-state index contributed by atoms with van der Waals surface area (Å²) in [6, 6.07) is 16.7. The highest BCUT2D eigenvalue weighted by Crippen LogP contribution is 2.60. The molecule has 1 saturated carbocycles. The van der Waals surface area contributed by atoms with Crippen LogP contribution in [0, 0.1) is 5.92 Å². The first-order valence-corrected chi connectivity index (χ1v) is 11.1. The molecular weight excluding hydrogens is 376 g/mol. The van der Waals surface area contributed by atoms with Crippen molar-refractivity contribution in [2.24, 2.45) is 5.92 Å². The first kappa shape index (κ1) is 19.6. The summed E-state index contributed by atoms with van der Waals surface area (Å²) >= 11 is 0. The fourth-order valence-electron chi connectivity index (χ4n) is 5.42. The quantitative estimate of drug-likeness (QED) is 0.774. The van der Waals surface area contributed by atoms with Gasteiger partial charge in [0.15, 0.2) is 0 Å². The second kappa shape index (κ2) is 8.05. The Morgan fingerprint density at radius 2 is 1.97 bits per heavy atom. The summed E-state index contributed by atoms with van der Waals surface area (Å²) < 4.78 is 5.80. The number of nitrogens with zero attached hydrogens (tertiary/aromatic N) is 1. The van der Waals surface area contributed by atoms with Crippen LogP contribution in [0.15, 0.2) is 48.5 Å². The maximum atomic E-state index is 13.0. The zero-order valence-electron chi connectivity index (χ0n) is 17.3. The molecule has 1 unspecified atom stereocenters. The molecule has 2 aliphatic heterocycles. The van der Waals surface area contributed by atoms with Gasteiger partial charge in [0, 0.05) is 36.0 Å². The summed E-state index contributed by atoms with van der Waals surface area (Å²) in [5, 5.41) is 12.8. The summed E-state index contributed by atoms with van der Waals surface area (Å²) in [7, 11) is 0. The lowest BCUT2D eigenvalue weighted by atomic mass is 9.87. The summed E-state index contributed by atoms with van der Waals surface area (Å²) in [5.41, 5.74) is 3.56. The third-order valence-electron chi connectivity index (χ3n) is 7.28. The highest BCUT2D eigenvalue weighted by molar-refractivity contribution is 5.84. The van der Waals surface area contributed by atoms with Crippen LogP contribution >= 0.6 is 0 Å². The predicted octanol–water partition coefficient (Wildman–Crippen LogP) is 3.00. The van der Waals surface area contributed by atoms with Gasteiger partial charge in [0.2, 0.25) is 5.91 Å². The molecule has 5 rings (SSSR count). The van der Waals surface area contributed by atoms with E-state index in [9.17, 15) is 9.90 Å². The fourth-order valence-corrected chi connectivity index (χ4v) is 5.42. The van der Waals surface area contributed by atoms with Crippen molar-refractivity contribution < 1.29 is 14.6 Å². The molecule has 1 saturated heterocycles. The van der Waals surface area contributed by atoms with E-state index in [0.29, 0.717) is 13.2 Å². The molecule has 2 aromatic rings. The number of carbonyl (C=O) groups excluding carboxylic acids is 1. The van der Waals surface area contributed by atoms with Crippen molar-refractivity contribution in [2.45, 2.75) is 50.2 Å². The largest absolute Gasteiger partial charge is 0.493 e. The molecule has 5 heteroatoms. The van der Waals surface area contributed by atoms with Crippen molar-refractivity contribution in [1.29, 1.82) is 0 Å². The fraction of sp³-hybridized carbons (Fsp3) is 0.480. The molecule has 30 heavy (non-hydrogen) atoms. The number of aliphatic hydroxyl groups excluding tert-OH is 1. The van der Waals surface area contributed by atoms with Crippen LogP contribution in [0.4, 0.5) is 0 Å². The molecule has 2 aromatic carbocycles. The molecular formula is C25H30N2O3. The highest BCUT2D eigenvalue weighted by atomic mass is 16.5. The maximum absolute atomic E-state index is 13.0. The number of benzene rings is 2. The van der Waals surface area contributed by atoms with Crippen molar-refractivity contribution in [3.8, 4) is 5.75 Å². The molecule has 0 radical (unpaired) electrons. The molecule has 2 N–H and O–H groups in total. The smallest absolute Gasteiger partial charge is 0.224 e. The molecule has 158 valence electrons. The number of nitrogens with one attached hydrogen (secondary N) is 1. The molecule has 3 atom stereocenters. The lowest BCUT2D eigenvalue weighted by Crippen LogP contribution is -2.33. The highest BCUT2D eigenvalue weighted by Gasteiger charge is 2.60. The Kier molecular flexibility index (Phi) is 5.25. The molecule has 1 amide bonds. The van der Waals surface area contributed by atoms with E-state index in [2.05, 4.69) is 34.5 Å². The van der Waals surface area contributed by atoms with Crippen molar-refractivity contribution >= 4 is 5.91 Å². The van der Waals surface area contributed by atoms with E-state index in [-0.39, 0.29) is 29.9 Å². The summed E-state index contributed by atoms with van der Waals surface area (Å²) in [6.45, 7) is 3.31. The van der Waals surface area contributed by atoms with Crippen LogP contribution in [0.25, 0.3) is 0 Å². The van der Waals surface area contributed by atoms with E-state index in [1.807, 2.05) is 24.3 Å². The number of hydrogen-bond donors (Lipinski definition) is 2. The van der Waals surface area contributed by atoms with E-state index >= 15 is 0 Å². The zero-order chi connectivity index (χ0) is 20.6. The molecule has 2 fully saturated rings. The molecule has 2 heterocycles. The van der Waals surface area contributed by atoms with Gasteiger partial charge in [-0.15, -0.1) is 0 Å². The van der Waals surface area contributed by atoms with Crippen molar-refractivity contribution in [3.63, 3.8) is 0 Å². The number of amides is 1. The minimum atomic E-state index is -0.0393. The summed E-state index contributed by atoms with van der Waals surface area (Å²) in [4.78, 5) is 15.4. The van der Waals surface area contributed by atoms with Crippen molar-refractivity contribution in [2.75, 3.05) is 19.8 Å². The van der Waals surface area contributed by atoms with E-state index in [4.69, 9.17) is 4.74 Å². The predicted molar refractivity (Wildman–Crippen MR) is 115 cm³/mol. The lowest BCUT2D eigenvalue weighted by molar-refractivity contribution is -0.123. The Bertz CT molecular complexity index is 930. The van der Waals surface area contributed by atoms with Gasteiger partial charge in [-0.05, 0) is 49.4 Å². The summed E-state index contributed by atoms with van der Waals surface area (Å²) in [6.07, 6.45) is 4.02.